The molecule has 0 saturated heterocycles. The van der Waals surface area contributed by atoms with Crippen LogP contribution in [0.4, 0.5) is 0 Å². The van der Waals surface area contributed by atoms with Crippen molar-refractivity contribution in [2.45, 2.75) is 119 Å². The van der Waals surface area contributed by atoms with E-state index in [2.05, 4.69) is 58.4 Å². The SMILES string of the molecule is C=C(C)[C@@H]1CC[C@]2(C(=O)OCc3cn(-c4ccc(O)c(C)c4)nn3)CC[C@]3(C)[C@H](CC[C@@H]4[C@@]5(C)CCC(=O)C(C)(C)[C@@H]5CC[C@]43C)[C@@H]12. The van der Waals surface area contributed by atoms with Gasteiger partial charge in [-0.15, -0.1) is 5.10 Å². The predicted octanol–water partition coefficient (Wildman–Crippen LogP) is 8.55. The van der Waals surface area contributed by atoms with Gasteiger partial charge in [-0.2, -0.15) is 0 Å². The summed E-state index contributed by atoms with van der Waals surface area (Å²) in [7, 11) is 0. The average molecular weight is 642 g/mol. The molecule has 0 aliphatic heterocycles. The van der Waals surface area contributed by atoms with Gasteiger partial charge < -0.3 is 9.84 Å². The number of hydrogen-bond acceptors (Lipinski definition) is 6. The first-order chi connectivity index (χ1) is 22.1. The van der Waals surface area contributed by atoms with Gasteiger partial charge in [0.15, 0.2) is 0 Å². The number of aromatic hydroxyl groups is 1. The van der Waals surface area contributed by atoms with Gasteiger partial charge in [-0.05, 0) is 141 Å². The number of fused-ring (bicyclic) bond motifs is 7. The van der Waals surface area contributed by atoms with Gasteiger partial charge in [-0.3, -0.25) is 9.59 Å². The van der Waals surface area contributed by atoms with Crippen molar-refractivity contribution in [2.75, 3.05) is 0 Å². The number of benzene rings is 1. The van der Waals surface area contributed by atoms with E-state index in [4.69, 9.17) is 4.74 Å². The zero-order valence-corrected chi connectivity index (χ0v) is 29.7. The molecular formula is C40H55N3O4. The highest BCUT2D eigenvalue weighted by molar-refractivity contribution is 5.85. The predicted molar refractivity (Wildman–Crippen MR) is 182 cm³/mol. The molecule has 1 aromatic carbocycles. The molecule has 5 aliphatic carbocycles. The topological polar surface area (TPSA) is 94.3 Å². The summed E-state index contributed by atoms with van der Waals surface area (Å²) in [6, 6.07) is 5.30. The number of aryl methyl sites for hydroxylation is 1. The molecule has 5 fully saturated rings. The first kappa shape index (κ1) is 32.6. The molecular weight excluding hydrogens is 586 g/mol. The second-order valence-corrected chi connectivity index (χ2v) is 17.7. The van der Waals surface area contributed by atoms with Crippen LogP contribution in [0.3, 0.4) is 0 Å². The Bertz CT molecular complexity index is 1630. The first-order valence-electron chi connectivity index (χ1n) is 18.2. The number of ketones is 1. The Balaban J connectivity index is 1.15. The molecule has 0 radical (unpaired) electrons. The number of carbonyl (C=O) groups excluding carboxylic acids is 2. The quantitative estimate of drug-likeness (QED) is 0.260. The summed E-state index contributed by atoms with van der Waals surface area (Å²) in [5.74, 6) is 2.65. The highest BCUT2D eigenvalue weighted by Gasteiger charge is 2.72. The Kier molecular flexibility index (Phi) is 7.47. The second kappa shape index (κ2) is 10.8. The summed E-state index contributed by atoms with van der Waals surface area (Å²) >= 11 is 0. The molecule has 7 heteroatoms. The molecule has 0 spiro atoms. The largest absolute Gasteiger partial charge is 0.508 e. The molecule has 9 atom stereocenters. The third-order valence-electron chi connectivity index (χ3n) is 15.6. The summed E-state index contributed by atoms with van der Waals surface area (Å²) < 4.78 is 7.86. The lowest BCUT2D eigenvalue weighted by molar-refractivity contribution is -0.236. The number of nitrogens with zero attached hydrogens (tertiary/aromatic N) is 3. The van der Waals surface area contributed by atoms with Crippen LogP contribution in [-0.4, -0.2) is 31.9 Å². The van der Waals surface area contributed by atoms with E-state index in [0.717, 1.165) is 56.2 Å². The summed E-state index contributed by atoms with van der Waals surface area (Å²) in [4.78, 5) is 27.6. The van der Waals surface area contributed by atoms with Gasteiger partial charge in [0.1, 0.15) is 23.8 Å². The number of esters is 1. The number of hydrogen-bond donors (Lipinski definition) is 1. The van der Waals surface area contributed by atoms with Crippen molar-refractivity contribution in [1.29, 1.82) is 0 Å². The zero-order valence-electron chi connectivity index (χ0n) is 29.7. The maximum absolute atomic E-state index is 14.4. The molecule has 5 aliphatic rings. The van der Waals surface area contributed by atoms with Crippen LogP contribution in [0.15, 0.2) is 36.5 Å². The van der Waals surface area contributed by atoms with E-state index >= 15 is 0 Å². The van der Waals surface area contributed by atoms with Gasteiger partial charge in [-0.25, -0.2) is 4.68 Å². The van der Waals surface area contributed by atoms with E-state index in [1.165, 1.54) is 18.4 Å². The van der Waals surface area contributed by atoms with Crippen molar-refractivity contribution in [3.63, 3.8) is 0 Å². The Morgan fingerprint density at radius 2 is 1.77 bits per heavy atom. The number of allylic oxidation sites excluding steroid dienone is 1. The van der Waals surface area contributed by atoms with Crippen LogP contribution in [0.25, 0.3) is 5.69 Å². The van der Waals surface area contributed by atoms with Gasteiger partial charge in [0.25, 0.3) is 0 Å². The Morgan fingerprint density at radius 3 is 2.49 bits per heavy atom. The van der Waals surface area contributed by atoms with Crippen molar-refractivity contribution in [2.24, 2.45) is 56.7 Å². The Hall–Kier alpha value is -2.96. The van der Waals surface area contributed by atoms with Gasteiger partial charge in [0.2, 0.25) is 0 Å². The summed E-state index contributed by atoms with van der Waals surface area (Å²) in [6.07, 6.45) is 11.9. The normalized spacial score (nSPS) is 40.5. The fraction of sp³-hybridized carbons (Fsp3) is 0.700. The third kappa shape index (κ3) is 4.49. The summed E-state index contributed by atoms with van der Waals surface area (Å²) in [5.41, 5.74) is 3.08. The lowest BCUT2D eigenvalue weighted by Crippen LogP contribution is -2.66. The third-order valence-corrected chi connectivity index (χ3v) is 15.6. The molecule has 5 saturated carbocycles. The Labute approximate surface area is 280 Å². The highest BCUT2D eigenvalue weighted by atomic mass is 16.5. The molecule has 0 unspecified atom stereocenters. The molecule has 2 aromatic rings. The van der Waals surface area contributed by atoms with E-state index in [9.17, 15) is 14.7 Å². The lowest BCUT2D eigenvalue weighted by Gasteiger charge is -2.72. The van der Waals surface area contributed by atoms with Crippen LogP contribution in [0, 0.1) is 63.6 Å². The van der Waals surface area contributed by atoms with Crippen molar-refractivity contribution in [3.8, 4) is 11.4 Å². The smallest absolute Gasteiger partial charge is 0.312 e. The number of ether oxygens (including phenoxy) is 1. The molecule has 1 heterocycles. The van der Waals surface area contributed by atoms with Gasteiger partial charge >= 0.3 is 5.97 Å². The molecule has 7 nitrogen and oxygen atoms in total. The maximum Gasteiger partial charge on any atom is 0.312 e. The zero-order chi connectivity index (χ0) is 33.7. The molecule has 1 aromatic heterocycles. The second-order valence-electron chi connectivity index (χ2n) is 17.7. The minimum absolute atomic E-state index is 0.0705. The minimum Gasteiger partial charge on any atom is -0.508 e. The monoisotopic (exact) mass is 641 g/mol. The van der Waals surface area contributed by atoms with Crippen LogP contribution in [-0.2, 0) is 20.9 Å². The fourth-order valence-corrected chi connectivity index (χ4v) is 12.9. The molecule has 0 bridgehead atoms. The minimum atomic E-state index is -0.499. The van der Waals surface area contributed by atoms with E-state index in [0.29, 0.717) is 41.6 Å². The van der Waals surface area contributed by atoms with E-state index in [1.807, 2.05) is 13.0 Å². The average Bonchev–Trinajstić information content (AvgIpc) is 3.66. The molecule has 47 heavy (non-hydrogen) atoms. The van der Waals surface area contributed by atoms with Crippen LogP contribution in [0.5, 0.6) is 5.75 Å². The van der Waals surface area contributed by atoms with Crippen molar-refractivity contribution < 1.29 is 19.4 Å². The lowest BCUT2D eigenvalue weighted by atomic mass is 9.32. The van der Waals surface area contributed by atoms with Crippen LogP contribution >= 0.6 is 0 Å². The molecule has 1 N–H and O–H groups in total. The van der Waals surface area contributed by atoms with E-state index in [-0.39, 0.29) is 45.9 Å². The van der Waals surface area contributed by atoms with Crippen molar-refractivity contribution >= 4 is 11.8 Å². The summed E-state index contributed by atoms with van der Waals surface area (Å²) in [5, 5.41) is 18.5. The van der Waals surface area contributed by atoms with Gasteiger partial charge in [0, 0.05) is 11.8 Å². The molecule has 0 amide bonds. The number of phenolic OH excluding ortho intramolecular Hbond substituents is 1. The van der Waals surface area contributed by atoms with Crippen molar-refractivity contribution in [3.05, 3.63) is 47.8 Å². The van der Waals surface area contributed by atoms with Crippen molar-refractivity contribution in [1.82, 2.24) is 15.0 Å². The highest BCUT2D eigenvalue weighted by Crippen LogP contribution is 2.77. The standard InChI is InChI=1S/C40H55N3O4/c1-24(2)28-13-18-40(35(46)47-23-26-22-43(42-41-26)27-9-11-30(44)25(3)21-27)20-19-38(7)29(34(28)40)10-12-32-37(6)16-15-33(45)36(4,5)31(37)14-17-39(32,38)8/h9,11,21-22,28-29,31-32,34,44H,1,10,12-20,23H2,2-8H3/t28-,29+,31-,32+,34+,37-,38+,39+,40-/m0/s1. The summed E-state index contributed by atoms with van der Waals surface area (Å²) in [6.45, 7) is 20.8. The first-order valence-corrected chi connectivity index (χ1v) is 18.2. The van der Waals surface area contributed by atoms with E-state index in [1.54, 1.807) is 23.0 Å². The molecule has 254 valence electrons. The Morgan fingerprint density at radius 1 is 1.00 bits per heavy atom. The fourth-order valence-electron chi connectivity index (χ4n) is 12.9. The van der Waals surface area contributed by atoms with Crippen LogP contribution in [0.1, 0.15) is 117 Å². The van der Waals surface area contributed by atoms with Crippen LogP contribution < -0.4 is 0 Å². The number of Topliss-reactive ketones (excluding diaryl/α,β-unsaturated/α-hetero) is 1. The van der Waals surface area contributed by atoms with E-state index < -0.39 is 5.41 Å². The number of carbonyl (C=O) groups is 2. The van der Waals surface area contributed by atoms with Crippen LogP contribution in [0.2, 0.25) is 0 Å². The number of aromatic nitrogens is 3. The number of phenols is 1. The number of rotatable bonds is 5. The van der Waals surface area contributed by atoms with Gasteiger partial charge in [0.05, 0.1) is 17.3 Å². The maximum atomic E-state index is 14.4. The van der Waals surface area contributed by atoms with Gasteiger partial charge in [-0.1, -0.05) is 52.0 Å². The molecule has 7 rings (SSSR count).